The first-order chi connectivity index (χ1) is 13.6. The van der Waals surface area contributed by atoms with Crippen LogP contribution in [-0.2, 0) is 11.3 Å². The maximum atomic E-state index is 14.0. The topological polar surface area (TPSA) is 35.6 Å². The summed E-state index contributed by atoms with van der Waals surface area (Å²) in [7, 11) is 0. The van der Waals surface area contributed by atoms with Gasteiger partial charge in [0.2, 0.25) is 5.91 Å². The molecule has 3 rings (SSSR count). The highest BCUT2D eigenvalue weighted by atomic mass is 35.5. The Bertz CT molecular complexity index is 628. The highest BCUT2D eigenvalue weighted by Crippen LogP contribution is 2.26. The number of hydrogen-bond acceptors (Lipinski definition) is 3. The Morgan fingerprint density at radius 3 is 2.75 bits per heavy atom. The fourth-order valence-corrected chi connectivity index (χ4v) is 4.76. The first kappa shape index (κ1) is 21.5. The van der Waals surface area contributed by atoms with Gasteiger partial charge < -0.3 is 5.32 Å². The number of likely N-dealkylation sites (N-methyl/N-ethyl adjacent to an activating group) is 1. The van der Waals surface area contributed by atoms with Crippen molar-refractivity contribution < 1.29 is 9.18 Å². The van der Waals surface area contributed by atoms with Gasteiger partial charge in [-0.05, 0) is 76.3 Å². The molecule has 2 saturated heterocycles. The molecule has 0 bridgehead atoms. The second-order valence-electron chi connectivity index (χ2n) is 8.19. The second kappa shape index (κ2) is 10.6. The van der Waals surface area contributed by atoms with Gasteiger partial charge in [-0.25, -0.2) is 4.39 Å². The van der Waals surface area contributed by atoms with Crippen LogP contribution in [0.1, 0.15) is 51.0 Å². The highest BCUT2D eigenvalue weighted by molar-refractivity contribution is 6.31. The molecule has 2 fully saturated rings. The van der Waals surface area contributed by atoms with Crippen molar-refractivity contribution in [2.75, 3.05) is 32.7 Å². The van der Waals surface area contributed by atoms with Crippen LogP contribution >= 0.6 is 11.6 Å². The lowest BCUT2D eigenvalue weighted by Crippen LogP contribution is -2.40. The Balaban J connectivity index is 1.33. The van der Waals surface area contributed by atoms with E-state index < -0.39 is 0 Å². The minimum Gasteiger partial charge on any atom is -0.355 e. The fraction of sp³-hybridized carbons (Fsp3) is 0.682. The van der Waals surface area contributed by atoms with E-state index in [0.29, 0.717) is 35.5 Å². The van der Waals surface area contributed by atoms with Crippen LogP contribution in [0, 0.1) is 11.7 Å². The molecule has 1 aromatic carbocycles. The fourth-order valence-electron chi connectivity index (χ4n) is 4.54. The average Bonchev–Trinajstić information content (AvgIpc) is 3.16. The van der Waals surface area contributed by atoms with Crippen molar-refractivity contribution in [2.24, 2.45) is 5.92 Å². The molecule has 156 valence electrons. The lowest BCUT2D eigenvalue weighted by Gasteiger charge is -2.32. The number of benzene rings is 1. The van der Waals surface area contributed by atoms with Crippen molar-refractivity contribution in [3.05, 3.63) is 34.6 Å². The summed E-state index contributed by atoms with van der Waals surface area (Å²) in [6.45, 7) is 7.63. The largest absolute Gasteiger partial charge is 0.355 e. The number of halogens is 2. The van der Waals surface area contributed by atoms with Crippen molar-refractivity contribution >= 4 is 17.5 Å². The Morgan fingerprint density at radius 2 is 2.04 bits per heavy atom. The molecule has 0 aromatic heterocycles. The maximum Gasteiger partial charge on any atom is 0.220 e. The minimum absolute atomic E-state index is 0.184. The summed E-state index contributed by atoms with van der Waals surface area (Å²) in [5.74, 6) is 0.537. The number of likely N-dealkylation sites (tertiary alicyclic amines) is 2. The number of carbonyl (C=O) groups is 1. The van der Waals surface area contributed by atoms with Gasteiger partial charge in [-0.15, -0.1) is 0 Å². The standard InChI is InChI=1S/C22H33ClFN3O/c1-2-27-12-4-5-18(27)15-25-22(28)9-8-17-10-13-26(14-11-17)16-19-20(23)6-3-7-21(19)24/h3,6-7,17-18H,2,4-5,8-16H2,1H3,(H,25,28)/t18-/m0/s1. The van der Waals surface area contributed by atoms with E-state index in [0.717, 1.165) is 52.0 Å². The van der Waals surface area contributed by atoms with Crippen LogP contribution in [-0.4, -0.2) is 54.5 Å². The van der Waals surface area contributed by atoms with Gasteiger partial charge >= 0.3 is 0 Å². The van der Waals surface area contributed by atoms with Gasteiger partial charge in [0, 0.05) is 36.1 Å². The van der Waals surface area contributed by atoms with Crippen LogP contribution in [0.15, 0.2) is 18.2 Å². The smallest absolute Gasteiger partial charge is 0.220 e. The molecule has 1 N–H and O–H groups in total. The molecule has 2 heterocycles. The molecule has 0 aliphatic carbocycles. The van der Waals surface area contributed by atoms with Gasteiger partial charge in [0.1, 0.15) is 5.82 Å². The molecule has 6 heteroatoms. The molecule has 0 spiro atoms. The summed E-state index contributed by atoms with van der Waals surface area (Å²) in [5, 5.41) is 3.64. The summed E-state index contributed by atoms with van der Waals surface area (Å²) in [6.07, 6.45) is 6.12. The van der Waals surface area contributed by atoms with Crippen LogP contribution in [0.2, 0.25) is 5.02 Å². The average molecular weight is 410 g/mol. The van der Waals surface area contributed by atoms with E-state index >= 15 is 0 Å². The lowest BCUT2D eigenvalue weighted by molar-refractivity contribution is -0.121. The third-order valence-electron chi connectivity index (χ3n) is 6.37. The Labute approximate surface area is 173 Å². The zero-order valence-corrected chi connectivity index (χ0v) is 17.7. The lowest BCUT2D eigenvalue weighted by atomic mass is 9.92. The molecule has 0 unspecified atom stereocenters. The van der Waals surface area contributed by atoms with E-state index in [2.05, 4.69) is 22.0 Å². The van der Waals surface area contributed by atoms with Crippen LogP contribution in [0.5, 0.6) is 0 Å². The summed E-state index contributed by atoms with van der Waals surface area (Å²) < 4.78 is 14.0. The molecule has 0 radical (unpaired) electrons. The zero-order valence-electron chi connectivity index (χ0n) is 16.9. The summed E-state index contributed by atoms with van der Waals surface area (Å²) >= 11 is 6.14. The normalized spacial score (nSPS) is 21.9. The molecule has 1 aromatic rings. The van der Waals surface area contributed by atoms with E-state index in [1.54, 1.807) is 12.1 Å². The van der Waals surface area contributed by atoms with Gasteiger partial charge in [-0.3, -0.25) is 14.6 Å². The van der Waals surface area contributed by atoms with E-state index in [9.17, 15) is 9.18 Å². The monoisotopic (exact) mass is 409 g/mol. The Kier molecular flexibility index (Phi) is 8.12. The molecular weight excluding hydrogens is 377 g/mol. The molecule has 0 saturated carbocycles. The number of nitrogens with zero attached hydrogens (tertiary/aromatic N) is 2. The highest BCUT2D eigenvalue weighted by Gasteiger charge is 2.24. The van der Waals surface area contributed by atoms with Crippen LogP contribution in [0.3, 0.4) is 0 Å². The zero-order chi connectivity index (χ0) is 19.9. The van der Waals surface area contributed by atoms with Gasteiger partial charge in [0.15, 0.2) is 0 Å². The summed E-state index contributed by atoms with van der Waals surface area (Å²) in [4.78, 5) is 16.9. The Morgan fingerprint density at radius 1 is 1.25 bits per heavy atom. The third-order valence-corrected chi connectivity index (χ3v) is 6.72. The molecule has 28 heavy (non-hydrogen) atoms. The van der Waals surface area contributed by atoms with Gasteiger partial charge in [0.25, 0.3) is 0 Å². The minimum atomic E-state index is -0.227. The third kappa shape index (κ3) is 5.91. The predicted octanol–water partition coefficient (Wildman–Crippen LogP) is 4.07. The van der Waals surface area contributed by atoms with E-state index in [4.69, 9.17) is 11.6 Å². The quantitative estimate of drug-likeness (QED) is 0.702. The van der Waals surface area contributed by atoms with E-state index in [-0.39, 0.29) is 11.7 Å². The molecule has 4 nitrogen and oxygen atoms in total. The predicted molar refractivity (Wildman–Crippen MR) is 112 cm³/mol. The van der Waals surface area contributed by atoms with Crippen LogP contribution in [0.25, 0.3) is 0 Å². The molecular formula is C22H33ClFN3O. The molecule has 2 aliphatic rings. The van der Waals surface area contributed by atoms with Crippen molar-refractivity contribution in [1.82, 2.24) is 15.1 Å². The van der Waals surface area contributed by atoms with Crippen molar-refractivity contribution in [2.45, 2.75) is 58.0 Å². The van der Waals surface area contributed by atoms with Crippen molar-refractivity contribution in [3.63, 3.8) is 0 Å². The molecule has 1 amide bonds. The van der Waals surface area contributed by atoms with Crippen LogP contribution < -0.4 is 5.32 Å². The van der Waals surface area contributed by atoms with Crippen molar-refractivity contribution in [3.8, 4) is 0 Å². The van der Waals surface area contributed by atoms with Gasteiger partial charge in [0.05, 0.1) is 0 Å². The number of carbonyl (C=O) groups excluding carboxylic acids is 1. The number of rotatable bonds is 8. The maximum absolute atomic E-state index is 14.0. The first-order valence-electron chi connectivity index (χ1n) is 10.7. The number of nitrogens with one attached hydrogen (secondary N) is 1. The number of hydrogen-bond donors (Lipinski definition) is 1. The van der Waals surface area contributed by atoms with Crippen LogP contribution in [0.4, 0.5) is 4.39 Å². The van der Waals surface area contributed by atoms with Gasteiger partial charge in [-0.1, -0.05) is 24.6 Å². The number of piperidine rings is 1. The number of amides is 1. The SMILES string of the molecule is CCN1CCC[C@H]1CNC(=O)CCC1CCN(Cc2c(F)cccc2Cl)CC1. The molecule has 2 aliphatic heterocycles. The second-order valence-corrected chi connectivity index (χ2v) is 8.59. The van der Waals surface area contributed by atoms with E-state index in [1.165, 1.54) is 18.9 Å². The Hall–Kier alpha value is -1.17. The van der Waals surface area contributed by atoms with Crippen molar-refractivity contribution in [1.29, 1.82) is 0 Å². The summed E-state index contributed by atoms with van der Waals surface area (Å²) in [6, 6.07) is 5.38. The van der Waals surface area contributed by atoms with E-state index in [1.807, 2.05) is 0 Å². The first-order valence-corrected chi connectivity index (χ1v) is 11.1. The van der Waals surface area contributed by atoms with Gasteiger partial charge in [-0.2, -0.15) is 0 Å². The summed E-state index contributed by atoms with van der Waals surface area (Å²) in [5.41, 5.74) is 0.593. The molecule has 1 atom stereocenters.